The Hall–Kier alpha value is -2.56. The molecular weight excluding hydrogens is 521 g/mol. The van der Waals surface area contributed by atoms with Crippen molar-refractivity contribution in [2.45, 2.75) is 22.7 Å². The Balaban J connectivity index is 1.34. The molecule has 190 valence electrons. The van der Waals surface area contributed by atoms with Gasteiger partial charge in [-0.3, -0.25) is 14.6 Å². The second kappa shape index (κ2) is 11.7. The Bertz CT molecular complexity index is 1300. The summed E-state index contributed by atoms with van der Waals surface area (Å²) in [6.07, 6.45) is 1.48. The molecule has 0 spiro atoms. The van der Waals surface area contributed by atoms with Crippen LogP contribution in [0.1, 0.15) is 20.8 Å². The molecule has 1 N–H and O–H groups in total. The molecule has 3 aromatic rings. The minimum atomic E-state index is -3.67. The second-order valence-electron chi connectivity index (χ2n) is 8.52. The molecule has 4 rings (SSSR count). The largest absolute Gasteiger partial charge is 0.347 e. The summed E-state index contributed by atoms with van der Waals surface area (Å²) >= 11 is 7.01. The van der Waals surface area contributed by atoms with Gasteiger partial charge in [-0.15, -0.1) is 17.9 Å². The third-order valence-corrected chi connectivity index (χ3v) is 9.95. The Labute approximate surface area is 219 Å². The fourth-order valence-corrected chi connectivity index (χ4v) is 7.33. The molecule has 10 heteroatoms. The molecule has 0 radical (unpaired) electrons. The summed E-state index contributed by atoms with van der Waals surface area (Å²) in [5.41, 5.74) is 1.50. The van der Waals surface area contributed by atoms with Crippen LogP contribution in [0.5, 0.6) is 0 Å². The molecule has 36 heavy (non-hydrogen) atoms. The first-order valence-corrected chi connectivity index (χ1v) is 14.2. The SMILES string of the molecule is C=CC(N1CCN(Cc2ccc(F)cc2)CC1)S(=O)(=O)c1ccc(CNC(=O)c2ccc(Cl)cc2)s1. The van der Waals surface area contributed by atoms with Gasteiger partial charge in [-0.2, -0.15) is 0 Å². The minimum absolute atomic E-state index is 0.225. The van der Waals surface area contributed by atoms with Crippen molar-refractivity contribution in [3.63, 3.8) is 0 Å². The molecule has 0 aliphatic carbocycles. The molecule has 1 aliphatic heterocycles. The van der Waals surface area contributed by atoms with Crippen molar-refractivity contribution in [3.8, 4) is 0 Å². The Kier molecular flexibility index (Phi) is 8.58. The van der Waals surface area contributed by atoms with E-state index in [9.17, 15) is 17.6 Å². The number of piperazine rings is 1. The number of carbonyl (C=O) groups excluding carboxylic acids is 1. The quantitative estimate of drug-likeness (QED) is 0.397. The van der Waals surface area contributed by atoms with Gasteiger partial charge in [0.15, 0.2) is 0 Å². The summed E-state index contributed by atoms with van der Waals surface area (Å²) in [5.74, 6) is -0.518. The van der Waals surface area contributed by atoms with E-state index in [1.54, 1.807) is 48.5 Å². The maximum atomic E-state index is 13.4. The molecule has 1 saturated heterocycles. The highest BCUT2D eigenvalue weighted by atomic mass is 35.5. The zero-order valence-corrected chi connectivity index (χ0v) is 22.0. The van der Waals surface area contributed by atoms with E-state index < -0.39 is 15.2 Å². The highest BCUT2D eigenvalue weighted by Crippen LogP contribution is 2.28. The number of nitrogens with zero attached hydrogens (tertiary/aromatic N) is 2. The van der Waals surface area contributed by atoms with Crippen LogP contribution >= 0.6 is 22.9 Å². The number of amides is 1. The highest BCUT2D eigenvalue weighted by molar-refractivity contribution is 7.94. The number of sulfone groups is 1. The Morgan fingerprint density at radius 2 is 1.72 bits per heavy atom. The van der Waals surface area contributed by atoms with Crippen LogP contribution in [0.25, 0.3) is 0 Å². The summed E-state index contributed by atoms with van der Waals surface area (Å²) in [5, 5.41) is 2.52. The molecule has 1 fully saturated rings. The van der Waals surface area contributed by atoms with E-state index >= 15 is 0 Å². The van der Waals surface area contributed by atoms with Gasteiger partial charge in [0.05, 0.1) is 6.54 Å². The summed E-state index contributed by atoms with van der Waals surface area (Å²) in [6.45, 7) is 7.26. The van der Waals surface area contributed by atoms with Gasteiger partial charge < -0.3 is 5.32 Å². The van der Waals surface area contributed by atoms with Gasteiger partial charge in [-0.25, -0.2) is 12.8 Å². The summed E-state index contributed by atoms with van der Waals surface area (Å²) < 4.78 is 40.2. The predicted molar refractivity (Wildman–Crippen MR) is 141 cm³/mol. The third-order valence-electron chi connectivity index (χ3n) is 6.05. The monoisotopic (exact) mass is 547 g/mol. The normalized spacial score (nSPS) is 15.9. The maximum Gasteiger partial charge on any atom is 0.251 e. The fraction of sp³-hybridized carbons (Fsp3) is 0.269. The molecule has 1 aromatic heterocycles. The van der Waals surface area contributed by atoms with Crippen molar-refractivity contribution in [1.29, 1.82) is 0 Å². The predicted octanol–water partition coefficient (Wildman–Crippen LogP) is 4.57. The fourth-order valence-electron chi connectivity index (χ4n) is 4.09. The summed E-state index contributed by atoms with van der Waals surface area (Å²) in [6, 6.07) is 16.3. The second-order valence-corrected chi connectivity index (χ2v) is 12.4. The molecular formula is C26H27ClFN3O3S2. The molecule has 0 saturated carbocycles. The van der Waals surface area contributed by atoms with Gasteiger partial charge in [-0.1, -0.05) is 29.8 Å². The Morgan fingerprint density at radius 1 is 1.06 bits per heavy atom. The summed E-state index contributed by atoms with van der Waals surface area (Å²) in [4.78, 5) is 17.2. The van der Waals surface area contributed by atoms with Crippen molar-refractivity contribution >= 4 is 38.7 Å². The molecule has 1 aliphatic rings. The van der Waals surface area contributed by atoms with Crippen LogP contribution in [0.15, 0.2) is 77.5 Å². The molecule has 1 unspecified atom stereocenters. The summed E-state index contributed by atoms with van der Waals surface area (Å²) in [7, 11) is -3.67. The van der Waals surface area contributed by atoms with Gasteiger partial charge in [0, 0.05) is 48.2 Å². The van der Waals surface area contributed by atoms with Crippen molar-refractivity contribution < 1.29 is 17.6 Å². The molecule has 2 heterocycles. The van der Waals surface area contributed by atoms with Crippen molar-refractivity contribution in [1.82, 2.24) is 15.1 Å². The van der Waals surface area contributed by atoms with Crippen molar-refractivity contribution in [2.75, 3.05) is 26.2 Å². The van der Waals surface area contributed by atoms with Crippen LogP contribution < -0.4 is 5.32 Å². The molecule has 0 bridgehead atoms. The van der Waals surface area contributed by atoms with E-state index in [2.05, 4.69) is 16.8 Å². The third kappa shape index (κ3) is 6.41. The van der Waals surface area contributed by atoms with Crippen molar-refractivity contribution in [2.24, 2.45) is 0 Å². The lowest BCUT2D eigenvalue weighted by atomic mass is 10.2. The van der Waals surface area contributed by atoms with Gasteiger partial charge in [-0.05, 0) is 54.1 Å². The number of carbonyl (C=O) groups is 1. The molecule has 6 nitrogen and oxygen atoms in total. The Morgan fingerprint density at radius 3 is 2.36 bits per heavy atom. The smallest absolute Gasteiger partial charge is 0.251 e. The first-order chi connectivity index (χ1) is 17.3. The van der Waals surface area contributed by atoms with E-state index in [0.717, 1.165) is 21.8 Å². The maximum absolute atomic E-state index is 13.4. The van der Waals surface area contributed by atoms with E-state index in [1.807, 2.05) is 4.90 Å². The molecule has 1 atom stereocenters. The van der Waals surface area contributed by atoms with E-state index in [-0.39, 0.29) is 22.5 Å². The number of thiophene rings is 1. The van der Waals surface area contributed by atoms with Crippen LogP contribution in [-0.4, -0.2) is 55.7 Å². The van der Waals surface area contributed by atoms with Gasteiger partial charge >= 0.3 is 0 Å². The topological polar surface area (TPSA) is 69.7 Å². The zero-order chi connectivity index (χ0) is 25.7. The lowest BCUT2D eigenvalue weighted by Gasteiger charge is -2.37. The first-order valence-electron chi connectivity index (χ1n) is 11.5. The van der Waals surface area contributed by atoms with E-state index in [4.69, 9.17) is 11.6 Å². The lowest BCUT2D eigenvalue weighted by molar-refractivity contribution is 0.0951. The standard InChI is InChI=1S/C26H27ClFN3O3S2/c1-2-24(31-15-13-30(14-16-31)18-19-3-9-22(28)10-4-19)36(33,34)25-12-11-23(35-25)17-29-26(32)20-5-7-21(27)8-6-20/h2-12,24H,1,13-18H2,(H,29,32). The zero-order valence-electron chi connectivity index (χ0n) is 19.6. The van der Waals surface area contributed by atoms with Crippen LogP contribution in [0.4, 0.5) is 4.39 Å². The average molecular weight is 548 g/mol. The van der Waals surface area contributed by atoms with Gasteiger partial charge in [0.1, 0.15) is 15.4 Å². The number of rotatable bonds is 9. The van der Waals surface area contributed by atoms with Crippen LogP contribution in [0.2, 0.25) is 5.02 Å². The molecule has 2 aromatic carbocycles. The van der Waals surface area contributed by atoms with Crippen LogP contribution in [0.3, 0.4) is 0 Å². The van der Waals surface area contributed by atoms with Crippen LogP contribution in [-0.2, 0) is 22.9 Å². The average Bonchev–Trinajstić information content (AvgIpc) is 3.36. The number of hydrogen-bond donors (Lipinski definition) is 1. The number of hydrogen-bond acceptors (Lipinski definition) is 6. The van der Waals surface area contributed by atoms with E-state index in [0.29, 0.717) is 43.3 Å². The van der Waals surface area contributed by atoms with Crippen molar-refractivity contribution in [3.05, 3.63) is 100 Å². The molecule has 1 amide bonds. The highest BCUT2D eigenvalue weighted by Gasteiger charge is 2.33. The van der Waals surface area contributed by atoms with Gasteiger partial charge in [0.2, 0.25) is 9.84 Å². The number of benzene rings is 2. The van der Waals surface area contributed by atoms with Crippen LogP contribution in [0, 0.1) is 5.82 Å². The number of halogens is 2. The minimum Gasteiger partial charge on any atom is -0.347 e. The van der Waals surface area contributed by atoms with Gasteiger partial charge in [0.25, 0.3) is 5.91 Å². The van der Waals surface area contributed by atoms with E-state index in [1.165, 1.54) is 18.2 Å². The lowest BCUT2D eigenvalue weighted by Crippen LogP contribution is -2.51. The number of nitrogens with one attached hydrogen (secondary N) is 1. The first kappa shape index (κ1) is 26.5.